The highest BCUT2D eigenvalue weighted by Gasteiger charge is 2.30. The summed E-state index contributed by atoms with van der Waals surface area (Å²) in [7, 11) is -0.735. The van der Waals surface area contributed by atoms with E-state index in [0.717, 1.165) is 13.1 Å². The Bertz CT molecular complexity index is 261. The van der Waals surface area contributed by atoms with Crippen LogP contribution in [0.15, 0.2) is 0 Å². The Balaban J connectivity index is 2.55. The van der Waals surface area contributed by atoms with Gasteiger partial charge in [0, 0.05) is 18.8 Å². The zero-order valence-electron chi connectivity index (χ0n) is 8.66. The normalized spacial score (nSPS) is 31.0. The Morgan fingerprint density at radius 2 is 2.00 bits per heavy atom. The molecular weight excluding hydrogens is 186 g/mol. The van der Waals surface area contributed by atoms with Crippen molar-refractivity contribution in [1.82, 2.24) is 4.90 Å². The molecule has 1 saturated heterocycles. The molecule has 1 fully saturated rings. The van der Waals surface area contributed by atoms with Crippen LogP contribution in [-0.2, 0) is 9.84 Å². The molecule has 0 bridgehead atoms. The molecule has 0 aromatic rings. The van der Waals surface area contributed by atoms with E-state index in [1.807, 2.05) is 0 Å². The van der Waals surface area contributed by atoms with Crippen LogP contribution >= 0.6 is 0 Å². The zero-order valence-corrected chi connectivity index (χ0v) is 9.47. The third-order valence-electron chi connectivity index (χ3n) is 2.86. The summed E-state index contributed by atoms with van der Waals surface area (Å²) in [4.78, 5) is 2.21. The minimum Gasteiger partial charge on any atom is -0.306 e. The summed E-state index contributed by atoms with van der Waals surface area (Å²) >= 11 is 0. The molecule has 0 saturated carbocycles. The van der Waals surface area contributed by atoms with E-state index in [9.17, 15) is 8.42 Å². The number of rotatable bonds is 3. The molecule has 0 spiro atoms. The number of hydrogen-bond acceptors (Lipinski definition) is 3. The zero-order chi connectivity index (χ0) is 10.1. The molecule has 0 aliphatic carbocycles. The van der Waals surface area contributed by atoms with Gasteiger partial charge in [-0.25, -0.2) is 8.42 Å². The Labute approximate surface area is 81.0 Å². The van der Waals surface area contributed by atoms with E-state index in [2.05, 4.69) is 18.9 Å². The summed E-state index contributed by atoms with van der Waals surface area (Å²) in [5, 5.41) is 0. The minimum absolute atomic E-state index is 0.278. The van der Waals surface area contributed by atoms with E-state index in [4.69, 9.17) is 0 Å². The second-order valence-corrected chi connectivity index (χ2v) is 6.56. The fraction of sp³-hybridized carbons (Fsp3) is 1.00. The first kappa shape index (κ1) is 11.0. The van der Waals surface area contributed by atoms with Crippen molar-refractivity contribution in [2.24, 2.45) is 11.8 Å². The summed E-state index contributed by atoms with van der Waals surface area (Å²) in [6.07, 6.45) is 0. The fourth-order valence-corrected chi connectivity index (χ4v) is 3.28. The lowest BCUT2D eigenvalue weighted by molar-refractivity contribution is 0.398. The molecule has 0 aromatic heterocycles. The molecule has 0 radical (unpaired) electrons. The van der Waals surface area contributed by atoms with Crippen LogP contribution in [0.4, 0.5) is 0 Å². The van der Waals surface area contributed by atoms with Crippen molar-refractivity contribution in [1.29, 1.82) is 0 Å². The third-order valence-corrected chi connectivity index (χ3v) is 4.67. The maximum Gasteiger partial charge on any atom is 0.150 e. The van der Waals surface area contributed by atoms with Gasteiger partial charge in [0.2, 0.25) is 0 Å². The SMILES string of the molecule is CCS(=O)(=O)CC1CN(C)CC1C. The van der Waals surface area contributed by atoms with E-state index in [1.54, 1.807) is 6.92 Å². The monoisotopic (exact) mass is 205 g/mol. The van der Waals surface area contributed by atoms with Gasteiger partial charge in [0.15, 0.2) is 0 Å². The maximum absolute atomic E-state index is 11.4. The average Bonchev–Trinajstić information content (AvgIpc) is 2.30. The molecule has 13 heavy (non-hydrogen) atoms. The number of hydrogen-bond donors (Lipinski definition) is 0. The Kier molecular flexibility index (Phi) is 3.35. The lowest BCUT2D eigenvalue weighted by Crippen LogP contribution is -2.23. The second kappa shape index (κ2) is 3.96. The van der Waals surface area contributed by atoms with E-state index >= 15 is 0 Å². The second-order valence-electron chi connectivity index (χ2n) is 4.16. The van der Waals surface area contributed by atoms with Gasteiger partial charge in [0.25, 0.3) is 0 Å². The quantitative estimate of drug-likeness (QED) is 0.678. The average molecular weight is 205 g/mol. The summed E-state index contributed by atoms with van der Waals surface area (Å²) < 4.78 is 22.8. The Morgan fingerprint density at radius 1 is 1.38 bits per heavy atom. The lowest BCUT2D eigenvalue weighted by atomic mass is 10.0. The predicted octanol–water partition coefficient (Wildman–Crippen LogP) is 0.619. The lowest BCUT2D eigenvalue weighted by Gasteiger charge is -2.13. The summed E-state index contributed by atoms with van der Waals surface area (Å²) in [6.45, 7) is 5.82. The molecule has 0 amide bonds. The third kappa shape index (κ3) is 2.95. The molecule has 2 unspecified atom stereocenters. The van der Waals surface area contributed by atoms with Gasteiger partial charge >= 0.3 is 0 Å². The van der Waals surface area contributed by atoms with Crippen LogP contribution < -0.4 is 0 Å². The van der Waals surface area contributed by atoms with Gasteiger partial charge in [-0.15, -0.1) is 0 Å². The first-order valence-corrected chi connectivity index (χ1v) is 6.65. The fourth-order valence-electron chi connectivity index (χ4n) is 1.96. The van der Waals surface area contributed by atoms with Crippen LogP contribution in [0.1, 0.15) is 13.8 Å². The topological polar surface area (TPSA) is 37.4 Å². The molecule has 0 N–H and O–H groups in total. The van der Waals surface area contributed by atoms with Crippen LogP contribution in [-0.4, -0.2) is 45.0 Å². The highest BCUT2D eigenvalue weighted by molar-refractivity contribution is 7.91. The molecule has 1 aliphatic rings. The number of likely N-dealkylation sites (tertiary alicyclic amines) is 1. The number of sulfone groups is 1. The van der Waals surface area contributed by atoms with Gasteiger partial charge in [0.05, 0.1) is 5.75 Å². The van der Waals surface area contributed by atoms with Crippen molar-refractivity contribution in [2.45, 2.75) is 13.8 Å². The molecule has 3 nitrogen and oxygen atoms in total. The molecule has 4 heteroatoms. The van der Waals surface area contributed by atoms with Crippen molar-refractivity contribution in [3.63, 3.8) is 0 Å². The van der Waals surface area contributed by atoms with Crippen molar-refractivity contribution in [3.8, 4) is 0 Å². The van der Waals surface area contributed by atoms with Crippen LogP contribution in [0, 0.1) is 11.8 Å². The highest BCUT2D eigenvalue weighted by atomic mass is 32.2. The van der Waals surface area contributed by atoms with E-state index in [1.165, 1.54) is 0 Å². The molecule has 0 aromatic carbocycles. The van der Waals surface area contributed by atoms with Gasteiger partial charge in [0.1, 0.15) is 9.84 Å². The van der Waals surface area contributed by atoms with Crippen molar-refractivity contribution >= 4 is 9.84 Å². The number of nitrogens with zero attached hydrogens (tertiary/aromatic N) is 1. The molecule has 78 valence electrons. The first-order chi connectivity index (χ1) is 5.94. The maximum atomic E-state index is 11.4. The minimum atomic E-state index is -2.79. The van der Waals surface area contributed by atoms with Crippen molar-refractivity contribution in [3.05, 3.63) is 0 Å². The molecule has 2 atom stereocenters. The van der Waals surface area contributed by atoms with Crippen LogP contribution in [0.5, 0.6) is 0 Å². The van der Waals surface area contributed by atoms with Gasteiger partial charge in [-0.2, -0.15) is 0 Å². The van der Waals surface area contributed by atoms with Crippen LogP contribution in [0.25, 0.3) is 0 Å². The highest BCUT2D eigenvalue weighted by Crippen LogP contribution is 2.23. The Hall–Kier alpha value is -0.0900. The van der Waals surface area contributed by atoms with Crippen molar-refractivity contribution < 1.29 is 8.42 Å². The standard InChI is InChI=1S/C9H19NO2S/c1-4-13(11,12)7-9-6-10(3)5-8(9)2/h8-9H,4-7H2,1-3H3. The van der Waals surface area contributed by atoms with E-state index in [-0.39, 0.29) is 5.75 Å². The van der Waals surface area contributed by atoms with E-state index in [0.29, 0.717) is 17.6 Å². The smallest absolute Gasteiger partial charge is 0.150 e. The van der Waals surface area contributed by atoms with Crippen LogP contribution in [0.2, 0.25) is 0 Å². The van der Waals surface area contributed by atoms with Gasteiger partial charge < -0.3 is 4.90 Å². The van der Waals surface area contributed by atoms with Gasteiger partial charge in [-0.1, -0.05) is 13.8 Å². The van der Waals surface area contributed by atoms with Crippen LogP contribution in [0.3, 0.4) is 0 Å². The predicted molar refractivity (Wildman–Crippen MR) is 54.5 cm³/mol. The largest absolute Gasteiger partial charge is 0.306 e. The first-order valence-electron chi connectivity index (χ1n) is 4.83. The van der Waals surface area contributed by atoms with E-state index < -0.39 is 9.84 Å². The molecule has 1 aliphatic heterocycles. The van der Waals surface area contributed by atoms with Crippen molar-refractivity contribution in [2.75, 3.05) is 31.6 Å². The summed E-state index contributed by atoms with van der Waals surface area (Å²) in [6, 6.07) is 0. The Morgan fingerprint density at radius 3 is 2.38 bits per heavy atom. The van der Waals surface area contributed by atoms with Gasteiger partial charge in [-0.3, -0.25) is 0 Å². The molecule has 1 rings (SSSR count). The van der Waals surface area contributed by atoms with Gasteiger partial charge in [-0.05, 0) is 18.9 Å². The molecular formula is C9H19NO2S. The molecule has 1 heterocycles. The summed E-state index contributed by atoms with van der Waals surface area (Å²) in [5.74, 6) is 1.51. The summed E-state index contributed by atoms with van der Waals surface area (Å²) in [5.41, 5.74) is 0.